The predicted molar refractivity (Wildman–Crippen MR) is 175 cm³/mol. The summed E-state index contributed by atoms with van der Waals surface area (Å²) in [5, 5.41) is 2.63. The van der Waals surface area contributed by atoms with Crippen molar-refractivity contribution < 1.29 is 19.1 Å². The number of anilines is 2. The van der Waals surface area contributed by atoms with Crippen LogP contribution in [0.2, 0.25) is 0 Å². The number of carbonyl (C=O) groups excluding carboxylic acids is 3. The van der Waals surface area contributed by atoms with Gasteiger partial charge in [-0.15, -0.1) is 0 Å². The number of thioether (sulfide) groups is 1. The number of alkyl halides is 1. The Morgan fingerprint density at radius 3 is 1.91 bits per heavy atom. The first-order valence-electron chi connectivity index (χ1n) is 13.1. The molecule has 2 heterocycles. The van der Waals surface area contributed by atoms with Gasteiger partial charge in [0.25, 0.3) is 11.8 Å². The van der Waals surface area contributed by atoms with Crippen molar-refractivity contribution in [3.8, 4) is 11.5 Å². The number of nitrogens with one attached hydrogen (secondary N) is 1. The van der Waals surface area contributed by atoms with Gasteiger partial charge in [-0.1, -0.05) is 96.2 Å². The smallest absolute Gasteiger partial charge is 0.330 e. The molecule has 4 aromatic rings. The van der Waals surface area contributed by atoms with Gasteiger partial charge < -0.3 is 10.1 Å². The van der Waals surface area contributed by atoms with Crippen molar-refractivity contribution in [2.45, 2.75) is 5.50 Å². The van der Waals surface area contributed by atoms with Gasteiger partial charge in [0.1, 0.15) is 17.0 Å². The average molecular weight is 624 g/mol. The van der Waals surface area contributed by atoms with E-state index < -0.39 is 17.4 Å². The van der Waals surface area contributed by atoms with Crippen molar-refractivity contribution in [1.29, 1.82) is 0 Å². The number of urea groups is 1. The number of para-hydroxylation sites is 2. The monoisotopic (exact) mass is 623 g/mol. The predicted octanol–water partition coefficient (Wildman–Crippen LogP) is 7.59. The Bertz CT molecular complexity index is 1780. The molecule has 1 unspecified atom stereocenters. The average Bonchev–Trinajstić information content (AvgIpc) is 3.29. The van der Waals surface area contributed by atoms with Crippen LogP contribution in [0.1, 0.15) is 11.1 Å². The summed E-state index contributed by atoms with van der Waals surface area (Å²) >= 11 is 13.1. The Labute approximate surface area is 262 Å². The lowest BCUT2D eigenvalue weighted by Gasteiger charge is -2.30. The zero-order valence-corrected chi connectivity index (χ0v) is 24.7. The van der Waals surface area contributed by atoms with E-state index in [9.17, 15) is 14.4 Å². The highest BCUT2D eigenvalue weighted by Crippen LogP contribution is 2.36. The molecule has 0 aromatic heterocycles. The molecule has 1 atom stereocenters. The van der Waals surface area contributed by atoms with Gasteiger partial charge >= 0.3 is 6.03 Å². The van der Waals surface area contributed by atoms with Gasteiger partial charge in [0.15, 0.2) is 4.32 Å². The Balaban J connectivity index is 1.18. The fourth-order valence-corrected chi connectivity index (χ4v) is 6.07. The van der Waals surface area contributed by atoms with E-state index in [0.29, 0.717) is 32.0 Å². The minimum atomic E-state index is -1.00. The Kier molecular flexibility index (Phi) is 8.11. The van der Waals surface area contributed by atoms with Crippen molar-refractivity contribution in [2.75, 3.05) is 9.80 Å². The molecular weight excluding hydrogens is 602 g/mol. The van der Waals surface area contributed by atoms with Crippen LogP contribution in [0.4, 0.5) is 16.2 Å². The number of carbonyl (C=O) groups is 3. The molecule has 2 aliphatic heterocycles. The molecule has 0 bridgehead atoms. The van der Waals surface area contributed by atoms with E-state index in [1.807, 2.05) is 84.9 Å². The third kappa shape index (κ3) is 6.10. The van der Waals surface area contributed by atoms with Gasteiger partial charge in [-0.25, -0.2) is 9.69 Å². The minimum absolute atomic E-state index is 0.180. The SMILES string of the molecule is O=C1NC(Cl)/C(=C\c2ccc(/C=C3\SC(=S)N(c4ccccc4)C3=O)cc2)C(=O)N1c1ccc(Oc2ccccc2)cc1. The molecule has 2 aliphatic rings. The van der Waals surface area contributed by atoms with E-state index in [4.69, 9.17) is 28.6 Å². The maximum Gasteiger partial charge on any atom is 0.330 e. The largest absolute Gasteiger partial charge is 0.457 e. The topological polar surface area (TPSA) is 79.0 Å². The van der Waals surface area contributed by atoms with Crippen LogP contribution in [0.3, 0.4) is 0 Å². The van der Waals surface area contributed by atoms with E-state index in [0.717, 1.165) is 16.2 Å². The molecule has 4 amide bonds. The van der Waals surface area contributed by atoms with Crippen LogP contribution in [0, 0.1) is 0 Å². The highest BCUT2D eigenvalue weighted by atomic mass is 35.5. The van der Waals surface area contributed by atoms with Crippen LogP contribution in [-0.2, 0) is 9.59 Å². The standard InChI is InChI=1S/C33H22ClN3O4S2/c34-29-27(30(38)36(32(40)35-29)24-15-17-26(18-16-24)41-25-9-5-2-6-10-25)19-21-11-13-22(14-12-21)20-28-31(39)37(33(42)43-28)23-7-3-1-4-8-23/h1-20,29H,(H,35,40)/b27-19+,28-20-. The summed E-state index contributed by atoms with van der Waals surface area (Å²) in [7, 11) is 0. The van der Waals surface area contributed by atoms with E-state index in [1.54, 1.807) is 36.4 Å². The summed E-state index contributed by atoms with van der Waals surface area (Å²) in [6, 6.07) is 31.9. The summed E-state index contributed by atoms with van der Waals surface area (Å²) in [5.41, 5.74) is 1.80. The molecule has 1 N–H and O–H groups in total. The molecule has 4 aromatic carbocycles. The van der Waals surface area contributed by atoms with Crippen LogP contribution in [0.25, 0.3) is 12.2 Å². The first-order chi connectivity index (χ1) is 20.9. The molecule has 212 valence electrons. The Morgan fingerprint density at radius 1 is 0.698 bits per heavy atom. The third-order valence-electron chi connectivity index (χ3n) is 6.61. The van der Waals surface area contributed by atoms with Crippen molar-refractivity contribution in [1.82, 2.24) is 5.32 Å². The number of benzene rings is 4. The number of amides is 4. The molecule has 0 radical (unpaired) electrons. The van der Waals surface area contributed by atoms with Crippen molar-refractivity contribution in [2.24, 2.45) is 0 Å². The number of thiocarbonyl (C=S) groups is 1. The second kappa shape index (κ2) is 12.3. The summed E-state index contributed by atoms with van der Waals surface area (Å²) in [6.07, 6.45) is 3.42. The fraction of sp³-hybridized carbons (Fsp3) is 0.0303. The summed E-state index contributed by atoms with van der Waals surface area (Å²) in [5.74, 6) is 0.522. The molecule has 10 heteroatoms. The van der Waals surface area contributed by atoms with Crippen LogP contribution < -0.4 is 19.9 Å². The lowest BCUT2D eigenvalue weighted by molar-refractivity contribution is -0.115. The second-order valence-corrected chi connectivity index (χ2v) is 11.6. The molecule has 0 spiro atoms. The second-order valence-electron chi connectivity index (χ2n) is 9.48. The number of hydrogen-bond donors (Lipinski definition) is 1. The van der Waals surface area contributed by atoms with Crippen molar-refractivity contribution >= 4 is 81.3 Å². The zero-order valence-electron chi connectivity index (χ0n) is 22.3. The minimum Gasteiger partial charge on any atom is -0.457 e. The third-order valence-corrected chi connectivity index (χ3v) is 8.26. The Hall–Kier alpha value is -4.70. The van der Waals surface area contributed by atoms with Crippen LogP contribution >= 0.6 is 35.6 Å². The molecule has 6 rings (SSSR count). The first-order valence-corrected chi connectivity index (χ1v) is 14.8. The molecule has 2 saturated heterocycles. The highest BCUT2D eigenvalue weighted by molar-refractivity contribution is 8.27. The summed E-state index contributed by atoms with van der Waals surface area (Å²) in [4.78, 5) is 42.3. The van der Waals surface area contributed by atoms with Crippen LogP contribution in [0.5, 0.6) is 11.5 Å². The number of nitrogens with zero attached hydrogens (tertiary/aromatic N) is 2. The van der Waals surface area contributed by atoms with Gasteiger partial charge in [-0.3, -0.25) is 14.5 Å². The number of imide groups is 1. The van der Waals surface area contributed by atoms with Crippen LogP contribution in [-0.4, -0.2) is 27.7 Å². The van der Waals surface area contributed by atoms with Gasteiger partial charge in [0, 0.05) is 0 Å². The van der Waals surface area contributed by atoms with Crippen molar-refractivity contribution in [3.05, 3.63) is 131 Å². The highest BCUT2D eigenvalue weighted by Gasteiger charge is 2.37. The molecule has 0 aliphatic carbocycles. The molecule has 7 nitrogen and oxygen atoms in total. The fourth-order valence-electron chi connectivity index (χ4n) is 4.52. The van der Waals surface area contributed by atoms with Gasteiger partial charge in [0.2, 0.25) is 0 Å². The lowest BCUT2D eigenvalue weighted by Crippen LogP contribution is -2.54. The molecule has 43 heavy (non-hydrogen) atoms. The maximum absolute atomic E-state index is 13.5. The van der Waals surface area contributed by atoms with Gasteiger partial charge in [-0.05, 0) is 71.8 Å². The first kappa shape index (κ1) is 28.4. The maximum atomic E-state index is 13.5. The van der Waals surface area contributed by atoms with Gasteiger partial charge in [-0.2, -0.15) is 0 Å². The number of ether oxygens (including phenoxy) is 1. The summed E-state index contributed by atoms with van der Waals surface area (Å²) in [6.45, 7) is 0. The Morgan fingerprint density at radius 2 is 1.26 bits per heavy atom. The quantitative estimate of drug-likeness (QED) is 0.103. The van der Waals surface area contributed by atoms with Crippen LogP contribution in [0.15, 0.2) is 120 Å². The zero-order chi connectivity index (χ0) is 29.9. The van der Waals surface area contributed by atoms with Gasteiger partial charge in [0.05, 0.1) is 21.9 Å². The van der Waals surface area contributed by atoms with E-state index in [1.165, 1.54) is 16.7 Å². The van der Waals surface area contributed by atoms with E-state index >= 15 is 0 Å². The normalized spacial score (nSPS) is 18.9. The molecule has 2 fully saturated rings. The van der Waals surface area contributed by atoms with E-state index in [-0.39, 0.29) is 11.5 Å². The number of hydrogen-bond acceptors (Lipinski definition) is 6. The van der Waals surface area contributed by atoms with Crippen molar-refractivity contribution in [3.63, 3.8) is 0 Å². The number of rotatable bonds is 6. The summed E-state index contributed by atoms with van der Waals surface area (Å²) < 4.78 is 6.28. The van der Waals surface area contributed by atoms with E-state index in [2.05, 4.69) is 5.32 Å². The molecule has 0 saturated carbocycles. The number of halogens is 1. The lowest BCUT2D eigenvalue weighted by atomic mass is 10.1. The molecular formula is C33H22ClN3O4S2.